The Kier molecular flexibility index (Phi) is 5.91. The Morgan fingerprint density at radius 2 is 1.65 bits per heavy atom. The van der Waals surface area contributed by atoms with Crippen LogP contribution in [0.1, 0.15) is 10.4 Å². The molecule has 1 N–H and O–H groups in total. The molecule has 0 atom stereocenters. The molecule has 2 aromatic rings. The fourth-order valence-corrected chi connectivity index (χ4v) is 1.96. The minimum absolute atomic E-state index is 0. The van der Waals surface area contributed by atoms with Crippen molar-refractivity contribution in [1.29, 1.82) is 0 Å². The SMILES string of the molecule is O=C(Oc1ccccc1)c1cccc(S(=O)(=O)O)c1.[NaH]. The Balaban J connectivity index is 0.00000200. The Morgan fingerprint density at radius 1 is 1.00 bits per heavy atom. The van der Waals surface area contributed by atoms with Gasteiger partial charge in [0.05, 0.1) is 10.5 Å². The summed E-state index contributed by atoms with van der Waals surface area (Å²) in [4.78, 5) is 11.4. The quantitative estimate of drug-likeness (QED) is 0.402. The minimum atomic E-state index is -4.34. The molecule has 20 heavy (non-hydrogen) atoms. The molecule has 0 fully saturated rings. The molecule has 2 rings (SSSR count). The van der Waals surface area contributed by atoms with Gasteiger partial charge >= 0.3 is 35.5 Å². The van der Waals surface area contributed by atoms with Gasteiger partial charge in [0, 0.05) is 0 Å². The van der Waals surface area contributed by atoms with Crippen LogP contribution in [-0.4, -0.2) is 48.5 Å². The number of esters is 1. The predicted octanol–water partition coefficient (Wildman–Crippen LogP) is 1.50. The second-order valence-corrected chi connectivity index (χ2v) is 5.13. The van der Waals surface area contributed by atoms with Crippen molar-refractivity contribution in [1.82, 2.24) is 0 Å². The van der Waals surface area contributed by atoms with Gasteiger partial charge in [-0.3, -0.25) is 4.55 Å². The predicted molar refractivity (Wildman–Crippen MR) is 74.8 cm³/mol. The van der Waals surface area contributed by atoms with Gasteiger partial charge < -0.3 is 4.74 Å². The van der Waals surface area contributed by atoms with Crippen LogP contribution in [0.3, 0.4) is 0 Å². The zero-order valence-corrected chi connectivity index (χ0v) is 10.5. The van der Waals surface area contributed by atoms with E-state index in [9.17, 15) is 13.2 Å². The second kappa shape index (κ2) is 7.01. The molecule has 0 aliphatic carbocycles. The summed E-state index contributed by atoms with van der Waals surface area (Å²) in [7, 11) is -4.34. The molecule has 2 aromatic carbocycles. The summed E-state index contributed by atoms with van der Waals surface area (Å²) in [5, 5.41) is 0. The average molecular weight is 302 g/mol. The van der Waals surface area contributed by atoms with Crippen molar-refractivity contribution in [2.75, 3.05) is 0 Å². The van der Waals surface area contributed by atoms with Gasteiger partial charge in [-0.2, -0.15) is 8.42 Å². The molecule has 0 spiro atoms. The molecular formula is C13H11NaO5S. The molecule has 0 radical (unpaired) electrons. The van der Waals surface area contributed by atoms with E-state index in [1.165, 1.54) is 18.2 Å². The number of carbonyl (C=O) groups excluding carboxylic acids is 1. The first-order valence-corrected chi connectivity index (χ1v) is 6.75. The first-order valence-electron chi connectivity index (χ1n) is 5.31. The monoisotopic (exact) mass is 302 g/mol. The maximum atomic E-state index is 11.8. The van der Waals surface area contributed by atoms with Crippen LogP contribution in [0, 0.1) is 0 Å². The van der Waals surface area contributed by atoms with Crippen LogP contribution in [-0.2, 0) is 10.1 Å². The summed E-state index contributed by atoms with van der Waals surface area (Å²) in [6, 6.07) is 13.4. The molecule has 0 aliphatic rings. The van der Waals surface area contributed by atoms with Gasteiger partial charge in [0.1, 0.15) is 5.75 Å². The van der Waals surface area contributed by atoms with Crippen molar-refractivity contribution < 1.29 is 22.5 Å². The molecule has 0 unspecified atom stereocenters. The Hall–Kier alpha value is -1.18. The van der Waals surface area contributed by atoms with E-state index < -0.39 is 16.1 Å². The van der Waals surface area contributed by atoms with E-state index in [1.54, 1.807) is 30.3 Å². The van der Waals surface area contributed by atoms with Crippen molar-refractivity contribution in [2.45, 2.75) is 4.90 Å². The molecular weight excluding hydrogens is 291 g/mol. The third kappa shape index (κ3) is 4.43. The summed E-state index contributed by atoms with van der Waals surface area (Å²) in [6.07, 6.45) is 0. The molecule has 5 nitrogen and oxygen atoms in total. The van der Waals surface area contributed by atoms with Crippen molar-refractivity contribution in [3.05, 3.63) is 60.2 Å². The van der Waals surface area contributed by atoms with E-state index in [0.717, 1.165) is 6.07 Å². The van der Waals surface area contributed by atoms with Crippen molar-refractivity contribution in [3.8, 4) is 5.75 Å². The Labute approximate surface area is 138 Å². The van der Waals surface area contributed by atoms with Crippen LogP contribution in [0.5, 0.6) is 5.75 Å². The summed E-state index contributed by atoms with van der Waals surface area (Å²) < 4.78 is 35.9. The topological polar surface area (TPSA) is 80.7 Å². The number of rotatable bonds is 3. The fourth-order valence-electron chi connectivity index (χ4n) is 1.44. The number of carbonyl (C=O) groups is 1. The van der Waals surface area contributed by atoms with Gasteiger partial charge in [-0.05, 0) is 30.3 Å². The van der Waals surface area contributed by atoms with Gasteiger partial charge in [-0.1, -0.05) is 24.3 Å². The molecule has 0 amide bonds. The van der Waals surface area contributed by atoms with Crippen LogP contribution in [0.15, 0.2) is 59.5 Å². The molecule has 0 saturated carbocycles. The van der Waals surface area contributed by atoms with Crippen molar-refractivity contribution >= 4 is 45.6 Å². The number of para-hydroxylation sites is 1. The molecule has 0 aliphatic heterocycles. The van der Waals surface area contributed by atoms with Crippen LogP contribution < -0.4 is 4.74 Å². The zero-order valence-electron chi connectivity index (χ0n) is 9.68. The standard InChI is InChI=1S/C13H10O5S.Na.H/c14-13(18-11-6-2-1-3-7-11)10-5-4-8-12(9-10)19(15,16)17;;/h1-9H,(H,15,16,17);;. The summed E-state index contributed by atoms with van der Waals surface area (Å²) >= 11 is 0. The van der Waals surface area contributed by atoms with Gasteiger partial charge in [0.2, 0.25) is 0 Å². The third-order valence-corrected chi connectivity index (χ3v) is 3.17. The average Bonchev–Trinajstić information content (AvgIpc) is 2.39. The first-order chi connectivity index (χ1) is 8.97. The molecule has 0 bridgehead atoms. The first kappa shape index (κ1) is 16.9. The third-order valence-electron chi connectivity index (χ3n) is 2.32. The van der Waals surface area contributed by atoms with E-state index in [1.807, 2.05) is 0 Å². The van der Waals surface area contributed by atoms with Gasteiger partial charge in [0.25, 0.3) is 10.1 Å². The summed E-state index contributed by atoms with van der Waals surface area (Å²) in [6.45, 7) is 0. The van der Waals surface area contributed by atoms with E-state index in [2.05, 4.69) is 0 Å². The Morgan fingerprint density at radius 3 is 2.25 bits per heavy atom. The zero-order chi connectivity index (χ0) is 13.9. The summed E-state index contributed by atoms with van der Waals surface area (Å²) in [5.74, 6) is -0.346. The fraction of sp³-hybridized carbons (Fsp3) is 0. The van der Waals surface area contributed by atoms with E-state index in [-0.39, 0.29) is 40.0 Å². The van der Waals surface area contributed by atoms with Gasteiger partial charge in [-0.25, -0.2) is 4.79 Å². The van der Waals surface area contributed by atoms with E-state index in [0.29, 0.717) is 5.75 Å². The van der Waals surface area contributed by atoms with Crippen molar-refractivity contribution in [2.24, 2.45) is 0 Å². The number of hydrogen-bond donors (Lipinski definition) is 1. The van der Waals surface area contributed by atoms with Crippen LogP contribution in [0.4, 0.5) is 0 Å². The normalized spacial score (nSPS) is 10.4. The van der Waals surface area contributed by atoms with Crippen LogP contribution in [0.2, 0.25) is 0 Å². The van der Waals surface area contributed by atoms with Gasteiger partial charge in [0.15, 0.2) is 0 Å². The van der Waals surface area contributed by atoms with E-state index in [4.69, 9.17) is 9.29 Å². The molecule has 0 aromatic heterocycles. The van der Waals surface area contributed by atoms with E-state index >= 15 is 0 Å². The molecule has 0 saturated heterocycles. The van der Waals surface area contributed by atoms with Crippen LogP contribution >= 0.6 is 0 Å². The van der Waals surface area contributed by atoms with Crippen LogP contribution in [0.25, 0.3) is 0 Å². The Bertz CT molecular complexity index is 698. The molecule has 100 valence electrons. The maximum absolute atomic E-state index is 11.8. The number of benzene rings is 2. The van der Waals surface area contributed by atoms with Gasteiger partial charge in [-0.15, -0.1) is 0 Å². The van der Waals surface area contributed by atoms with Crippen molar-refractivity contribution in [3.63, 3.8) is 0 Å². The molecule has 7 heteroatoms. The number of hydrogen-bond acceptors (Lipinski definition) is 4. The summed E-state index contributed by atoms with van der Waals surface area (Å²) in [5.41, 5.74) is 0.0407. The molecule has 0 heterocycles. The number of ether oxygens (including phenoxy) is 1. The second-order valence-electron chi connectivity index (χ2n) is 3.71.